The Morgan fingerprint density at radius 2 is 1.00 bits per heavy atom. The van der Waals surface area contributed by atoms with Crippen LogP contribution in [0.25, 0.3) is 0 Å². The van der Waals surface area contributed by atoms with Gasteiger partial charge in [-0.3, -0.25) is 0 Å². The third-order valence-electron chi connectivity index (χ3n) is 4.69. The maximum atomic E-state index is 2.33. The topological polar surface area (TPSA) is 0 Å². The van der Waals surface area contributed by atoms with Gasteiger partial charge >= 0.3 is 0 Å². The van der Waals surface area contributed by atoms with Gasteiger partial charge in [0.15, 0.2) is 0 Å². The van der Waals surface area contributed by atoms with Crippen molar-refractivity contribution in [2.75, 3.05) is 12.3 Å². The smallest absolute Gasteiger partial charge is 0.0652 e. The van der Waals surface area contributed by atoms with Crippen molar-refractivity contribution in [3.05, 3.63) is 71.8 Å². The molecule has 0 saturated heterocycles. The second-order valence-electron chi connectivity index (χ2n) is 6.78. The second-order valence-corrected chi connectivity index (χ2v) is 11.0. The van der Waals surface area contributed by atoms with E-state index in [1.807, 2.05) is 0 Å². The highest BCUT2D eigenvalue weighted by molar-refractivity contribution is 7.74. The molecule has 0 aliphatic rings. The molecule has 0 unspecified atom stereocenters. The van der Waals surface area contributed by atoms with E-state index in [1.54, 1.807) is 11.1 Å². The van der Waals surface area contributed by atoms with Gasteiger partial charge in [-0.05, 0) is 24.0 Å². The molecular formula is C22H32P+. The molecule has 0 aromatic heterocycles. The molecule has 2 aromatic rings. The van der Waals surface area contributed by atoms with E-state index in [-0.39, 0.29) is 0 Å². The van der Waals surface area contributed by atoms with Gasteiger partial charge < -0.3 is 0 Å². The molecule has 0 N–H and O–H groups in total. The largest absolute Gasteiger partial charge is 0.0846 e. The lowest BCUT2D eigenvalue weighted by molar-refractivity contribution is 0.852. The summed E-state index contributed by atoms with van der Waals surface area (Å²) in [6.07, 6.45) is 11.0. The maximum Gasteiger partial charge on any atom is 0.0846 e. The Labute approximate surface area is 143 Å². The fourth-order valence-corrected chi connectivity index (χ4v) is 8.33. The van der Waals surface area contributed by atoms with E-state index in [2.05, 4.69) is 74.5 Å². The molecular weight excluding hydrogens is 295 g/mol. The normalized spacial score (nSPS) is 11.6. The van der Waals surface area contributed by atoms with Crippen LogP contribution in [-0.4, -0.2) is 12.3 Å². The van der Waals surface area contributed by atoms with Gasteiger partial charge in [-0.25, -0.2) is 0 Å². The molecule has 0 amide bonds. The summed E-state index contributed by atoms with van der Waals surface area (Å²) in [6.45, 7) is 4.67. The van der Waals surface area contributed by atoms with Gasteiger partial charge in [0.1, 0.15) is 0 Å². The highest BCUT2D eigenvalue weighted by Gasteiger charge is 2.36. The van der Waals surface area contributed by atoms with Crippen LogP contribution in [0.4, 0.5) is 0 Å². The summed E-state index contributed by atoms with van der Waals surface area (Å²) < 4.78 is 0. The van der Waals surface area contributed by atoms with Gasteiger partial charge in [-0.2, -0.15) is 0 Å². The standard InChI is InChI=1S/C22H32P/c1-3-5-17-23(18-6-4-2,19-21-13-9-7-10-14-21)20-22-15-11-8-12-16-22/h7-16H,3-6,17-20H2,1-2H3/q+1. The third-order valence-corrected chi connectivity index (χ3v) is 9.30. The van der Waals surface area contributed by atoms with Gasteiger partial charge in [0.2, 0.25) is 0 Å². The first kappa shape index (κ1) is 18.2. The molecule has 0 aliphatic heterocycles. The second kappa shape index (κ2) is 9.89. The molecule has 2 aromatic carbocycles. The van der Waals surface area contributed by atoms with Crippen LogP contribution < -0.4 is 0 Å². The van der Waals surface area contributed by atoms with Gasteiger partial charge in [0.05, 0.1) is 24.6 Å². The van der Waals surface area contributed by atoms with E-state index in [0.717, 1.165) is 0 Å². The Bertz CT molecular complexity index is 481. The number of hydrogen-bond acceptors (Lipinski definition) is 0. The fourth-order valence-electron chi connectivity index (χ4n) is 3.41. The van der Waals surface area contributed by atoms with Crippen molar-refractivity contribution in [1.82, 2.24) is 0 Å². The fraction of sp³-hybridized carbons (Fsp3) is 0.455. The molecule has 0 heterocycles. The first-order valence-corrected chi connectivity index (χ1v) is 11.7. The van der Waals surface area contributed by atoms with Crippen molar-refractivity contribution in [2.24, 2.45) is 0 Å². The Kier molecular flexibility index (Phi) is 7.83. The summed E-state index contributed by atoms with van der Waals surface area (Å²) in [5.74, 6) is 0. The van der Waals surface area contributed by atoms with Crippen LogP contribution >= 0.6 is 7.26 Å². The van der Waals surface area contributed by atoms with Gasteiger partial charge in [-0.1, -0.05) is 87.4 Å². The average Bonchev–Trinajstić information content (AvgIpc) is 2.60. The molecule has 2 rings (SSSR count). The SMILES string of the molecule is CCCC[P+](CCCC)(Cc1ccccc1)Cc1ccccc1. The number of hydrogen-bond donors (Lipinski definition) is 0. The van der Waals surface area contributed by atoms with Gasteiger partial charge in [0.25, 0.3) is 0 Å². The van der Waals surface area contributed by atoms with Crippen LogP contribution in [0.2, 0.25) is 0 Å². The van der Waals surface area contributed by atoms with Crippen molar-refractivity contribution in [3.63, 3.8) is 0 Å². The first-order chi connectivity index (χ1) is 11.3. The first-order valence-electron chi connectivity index (χ1n) is 9.21. The van der Waals surface area contributed by atoms with E-state index >= 15 is 0 Å². The van der Waals surface area contributed by atoms with Gasteiger partial charge in [0, 0.05) is 7.26 Å². The predicted octanol–water partition coefficient (Wildman–Crippen LogP) is 7.00. The van der Waals surface area contributed by atoms with E-state index in [0.29, 0.717) is 0 Å². The van der Waals surface area contributed by atoms with E-state index in [9.17, 15) is 0 Å². The minimum absolute atomic E-state index is 0.973. The van der Waals surface area contributed by atoms with Crippen molar-refractivity contribution in [3.8, 4) is 0 Å². The third kappa shape index (κ3) is 6.11. The van der Waals surface area contributed by atoms with Crippen molar-refractivity contribution in [2.45, 2.75) is 51.9 Å². The molecule has 0 aliphatic carbocycles. The summed E-state index contributed by atoms with van der Waals surface area (Å²) in [7, 11) is -0.973. The zero-order chi connectivity index (χ0) is 16.4. The summed E-state index contributed by atoms with van der Waals surface area (Å²) >= 11 is 0. The monoisotopic (exact) mass is 327 g/mol. The average molecular weight is 327 g/mol. The predicted molar refractivity (Wildman–Crippen MR) is 107 cm³/mol. The van der Waals surface area contributed by atoms with Crippen LogP contribution in [0.3, 0.4) is 0 Å². The summed E-state index contributed by atoms with van der Waals surface area (Å²) in [5, 5.41) is 0. The Balaban J connectivity index is 2.24. The number of rotatable bonds is 10. The van der Waals surface area contributed by atoms with Crippen LogP contribution in [-0.2, 0) is 12.3 Å². The lowest BCUT2D eigenvalue weighted by Crippen LogP contribution is -2.10. The van der Waals surface area contributed by atoms with Gasteiger partial charge in [-0.15, -0.1) is 0 Å². The van der Waals surface area contributed by atoms with E-state index < -0.39 is 7.26 Å². The Morgan fingerprint density at radius 3 is 1.35 bits per heavy atom. The molecule has 23 heavy (non-hydrogen) atoms. The zero-order valence-corrected chi connectivity index (χ0v) is 15.8. The molecule has 0 saturated carbocycles. The molecule has 0 atom stereocenters. The zero-order valence-electron chi connectivity index (χ0n) is 14.9. The summed E-state index contributed by atoms with van der Waals surface area (Å²) in [6, 6.07) is 22.4. The maximum absolute atomic E-state index is 2.33. The molecule has 0 nitrogen and oxygen atoms in total. The van der Waals surface area contributed by atoms with Crippen LogP contribution in [0, 0.1) is 0 Å². The van der Waals surface area contributed by atoms with Crippen molar-refractivity contribution < 1.29 is 0 Å². The molecule has 0 bridgehead atoms. The molecule has 0 fully saturated rings. The Morgan fingerprint density at radius 1 is 0.609 bits per heavy atom. The minimum Gasteiger partial charge on any atom is -0.0652 e. The van der Waals surface area contributed by atoms with E-state index in [4.69, 9.17) is 0 Å². The lowest BCUT2D eigenvalue weighted by atomic mass is 10.2. The van der Waals surface area contributed by atoms with Crippen molar-refractivity contribution >= 4 is 7.26 Å². The molecule has 124 valence electrons. The van der Waals surface area contributed by atoms with Crippen LogP contribution in [0.15, 0.2) is 60.7 Å². The molecule has 1 heteroatoms. The number of benzene rings is 2. The molecule has 0 spiro atoms. The minimum atomic E-state index is -0.973. The Hall–Kier alpha value is -1.13. The van der Waals surface area contributed by atoms with Crippen LogP contribution in [0.1, 0.15) is 50.7 Å². The summed E-state index contributed by atoms with van der Waals surface area (Å²) in [5.41, 5.74) is 3.09. The van der Waals surface area contributed by atoms with E-state index in [1.165, 1.54) is 50.3 Å². The molecule has 0 radical (unpaired) electrons. The highest BCUT2D eigenvalue weighted by Crippen LogP contribution is 2.65. The quantitative estimate of drug-likeness (QED) is 0.412. The highest BCUT2D eigenvalue weighted by atomic mass is 31.2. The van der Waals surface area contributed by atoms with Crippen molar-refractivity contribution in [1.29, 1.82) is 0 Å². The van der Waals surface area contributed by atoms with Crippen LogP contribution in [0.5, 0.6) is 0 Å². The lowest BCUT2D eigenvalue weighted by Gasteiger charge is -2.28. The number of unbranched alkanes of at least 4 members (excludes halogenated alkanes) is 2. The summed E-state index contributed by atoms with van der Waals surface area (Å²) in [4.78, 5) is 0.